The number of nitrogens with zero attached hydrogens (tertiary/aromatic N) is 4. The second kappa shape index (κ2) is 7.61. The van der Waals surface area contributed by atoms with Crippen molar-refractivity contribution in [3.05, 3.63) is 84.8 Å². The zero-order valence-electron chi connectivity index (χ0n) is 17.4. The van der Waals surface area contributed by atoms with Crippen molar-refractivity contribution in [1.82, 2.24) is 19.4 Å². The zero-order valence-corrected chi connectivity index (χ0v) is 18.2. The van der Waals surface area contributed by atoms with Crippen molar-refractivity contribution in [1.29, 1.82) is 0 Å². The third-order valence-electron chi connectivity index (χ3n) is 5.09. The Balaban J connectivity index is 1.44. The van der Waals surface area contributed by atoms with Crippen LogP contribution in [0, 0.1) is 13.8 Å². The van der Waals surface area contributed by atoms with E-state index in [0.29, 0.717) is 28.7 Å². The number of nitrogens with one attached hydrogen (secondary N) is 1. The van der Waals surface area contributed by atoms with Crippen LogP contribution in [0.1, 0.15) is 11.5 Å². The van der Waals surface area contributed by atoms with Crippen LogP contribution in [-0.2, 0) is 10.0 Å². The minimum absolute atomic E-state index is 0.156. The summed E-state index contributed by atoms with van der Waals surface area (Å²) in [6.07, 6.45) is 6.94. The molecular formula is C23H19N5O3S. The van der Waals surface area contributed by atoms with Gasteiger partial charge < -0.3 is 4.42 Å². The van der Waals surface area contributed by atoms with Gasteiger partial charge in [-0.15, -0.1) is 0 Å². The summed E-state index contributed by atoms with van der Waals surface area (Å²) in [6, 6.07) is 13.9. The highest BCUT2D eigenvalue weighted by Crippen LogP contribution is 2.28. The molecule has 0 amide bonds. The Morgan fingerprint density at radius 3 is 2.47 bits per heavy atom. The summed E-state index contributed by atoms with van der Waals surface area (Å²) in [7, 11) is -3.78. The van der Waals surface area contributed by atoms with E-state index < -0.39 is 10.0 Å². The Morgan fingerprint density at radius 2 is 1.75 bits per heavy atom. The van der Waals surface area contributed by atoms with Gasteiger partial charge in [-0.05, 0) is 36.8 Å². The summed E-state index contributed by atoms with van der Waals surface area (Å²) < 4.78 is 35.8. The van der Waals surface area contributed by atoms with E-state index >= 15 is 0 Å². The predicted octanol–water partition coefficient (Wildman–Crippen LogP) is 4.47. The number of sulfonamides is 1. The van der Waals surface area contributed by atoms with Crippen LogP contribution in [0.15, 0.2) is 82.7 Å². The Hall–Kier alpha value is -3.98. The minimum atomic E-state index is -3.78. The highest BCUT2D eigenvalue weighted by Gasteiger charge is 2.17. The lowest BCUT2D eigenvalue weighted by Gasteiger charge is -2.12. The molecule has 0 radical (unpaired) electrons. The van der Waals surface area contributed by atoms with E-state index in [1.165, 1.54) is 0 Å². The number of imidazole rings is 1. The maximum Gasteiger partial charge on any atom is 0.261 e. The average molecular weight is 446 g/mol. The van der Waals surface area contributed by atoms with Crippen molar-refractivity contribution >= 4 is 21.5 Å². The van der Waals surface area contributed by atoms with Crippen LogP contribution in [-0.4, -0.2) is 27.8 Å². The zero-order chi connectivity index (χ0) is 22.3. The lowest BCUT2D eigenvalue weighted by molar-refractivity contribution is 0.521. The van der Waals surface area contributed by atoms with Gasteiger partial charge in [0.1, 0.15) is 12.0 Å². The Bertz CT molecular complexity index is 1500. The molecule has 5 aromatic rings. The van der Waals surface area contributed by atoms with Gasteiger partial charge in [0.15, 0.2) is 5.89 Å². The average Bonchev–Trinajstić information content (AvgIpc) is 3.41. The number of aromatic nitrogens is 4. The van der Waals surface area contributed by atoms with Crippen LogP contribution in [0.3, 0.4) is 0 Å². The maximum absolute atomic E-state index is 13.0. The molecule has 8 nitrogen and oxygen atoms in total. The summed E-state index contributed by atoms with van der Waals surface area (Å²) >= 11 is 0. The van der Waals surface area contributed by atoms with E-state index in [-0.39, 0.29) is 4.90 Å². The third kappa shape index (κ3) is 3.74. The second-order valence-electron chi connectivity index (χ2n) is 7.36. The quantitative estimate of drug-likeness (QED) is 0.428. The molecule has 0 aliphatic rings. The lowest BCUT2D eigenvalue weighted by atomic mass is 10.1. The smallest absolute Gasteiger partial charge is 0.261 e. The monoisotopic (exact) mass is 445 g/mol. The Morgan fingerprint density at radius 1 is 0.969 bits per heavy atom. The summed E-state index contributed by atoms with van der Waals surface area (Å²) in [4.78, 5) is 13.2. The number of benzene rings is 2. The summed E-state index contributed by atoms with van der Waals surface area (Å²) in [5.41, 5.74) is 4.22. The van der Waals surface area contributed by atoms with Crippen molar-refractivity contribution in [2.45, 2.75) is 18.7 Å². The largest absolute Gasteiger partial charge is 0.449 e. The number of anilines is 1. The fourth-order valence-corrected chi connectivity index (χ4v) is 4.49. The van der Waals surface area contributed by atoms with Crippen LogP contribution in [0.2, 0.25) is 0 Å². The van der Waals surface area contributed by atoms with Gasteiger partial charge >= 0.3 is 0 Å². The van der Waals surface area contributed by atoms with Gasteiger partial charge in [0.05, 0.1) is 16.3 Å². The van der Waals surface area contributed by atoms with Crippen molar-refractivity contribution in [2.24, 2.45) is 0 Å². The first kappa shape index (κ1) is 20.0. The van der Waals surface area contributed by atoms with Crippen LogP contribution in [0.25, 0.3) is 28.3 Å². The Kier molecular flexibility index (Phi) is 4.75. The number of oxazole rings is 1. The molecule has 32 heavy (non-hydrogen) atoms. The van der Waals surface area contributed by atoms with Crippen molar-refractivity contribution in [3.8, 4) is 22.5 Å². The topological polar surface area (TPSA) is 102 Å². The van der Waals surface area contributed by atoms with E-state index in [1.54, 1.807) is 49.7 Å². The van der Waals surface area contributed by atoms with E-state index in [4.69, 9.17) is 4.42 Å². The van der Waals surface area contributed by atoms with Gasteiger partial charge in [0.2, 0.25) is 5.78 Å². The molecule has 9 heteroatoms. The van der Waals surface area contributed by atoms with Crippen LogP contribution in [0.5, 0.6) is 0 Å². The summed E-state index contributed by atoms with van der Waals surface area (Å²) in [5.74, 6) is 1.13. The maximum atomic E-state index is 13.0. The number of rotatable bonds is 5. The number of fused-ring (bicyclic) bond motifs is 1. The highest BCUT2D eigenvalue weighted by molar-refractivity contribution is 7.92. The summed E-state index contributed by atoms with van der Waals surface area (Å²) in [6.45, 7) is 3.61. The standard InChI is InChI=1S/C23H19N5O3S/c1-15-4-5-18(21-13-28-11-3-10-24-23(28)26-21)12-20(15)27-32(29,30)19-8-6-17(7-9-19)22-14-31-16(2)25-22/h3-14,27H,1-2H3. The molecule has 0 saturated carbocycles. The lowest BCUT2D eigenvalue weighted by Crippen LogP contribution is -2.13. The predicted molar refractivity (Wildman–Crippen MR) is 121 cm³/mol. The van der Waals surface area contributed by atoms with E-state index in [2.05, 4.69) is 19.7 Å². The number of hydrogen-bond acceptors (Lipinski definition) is 6. The minimum Gasteiger partial charge on any atom is -0.449 e. The van der Waals surface area contributed by atoms with E-state index in [9.17, 15) is 8.42 Å². The molecule has 0 atom stereocenters. The van der Waals surface area contributed by atoms with Gasteiger partial charge in [-0.3, -0.25) is 9.12 Å². The molecule has 0 aliphatic heterocycles. The molecule has 0 spiro atoms. The highest BCUT2D eigenvalue weighted by atomic mass is 32.2. The van der Waals surface area contributed by atoms with Crippen LogP contribution >= 0.6 is 0 Å². The molecule has 3 aromatic heterocycles. The molecule has 3 heterocycles. The first-order chi connectivity index (χ1) is 15.4. The molecule has 2 aromatic carbocycles. The summed E-state index contributed by atoms with van der Waals surface area (Å²) in [5, 5.41) is 0. The van der Waals surface area contributed by atoms with Crippen molar-refractivity contribution in [2.75, 3.05) is 4.72 Å². The molecule has 0 aliphatic carbocycles. The normalized spacial score (nSPS) is 11.7. The second-order valence-corrected chi connectivity index (χ2v) is 9.05. The molecule has 5 rings (SSSR count). The van der Waals surface area contributed by atoms with Gasteiger partial charge in [-0.25, -0.2) is 23.4 Å². The van der Waals surface area contributed by atoms with Gasteiger partial charge in [-0.1, -0.05) is 24.3 Å². The SMILES string of the molecule is Cc1nc(-c2ccc(S(=O)(=O)Nc3cc(-c4cn5cccnc5n4)ccc3C)cc2)co1. The number of aryl methyl sites for hydroxylation is 2. The molecule has 0 fully saturated rings. The fourth-order valence-electron chi connectivity index (χ4n) is 3.36. The van der Waals surface area contributed by atoms with E-state index in [1.807, 2.05) is 41.9 Å². The Labute approximate surface area is 184 Å². The molecule has 1 N–H and O–H groups in total. The fraction of sp³-hybridized carbons (Fsp3) is 0.0870. The molecular weight excluding hydrogens is 426 g/mol. The van der Waals surface area contributed by atoms with Crippen molar-refractivity contribution < 1.29 is 12.8 Å². The van der Waals surface area contributed by atoms with Crippen LogP contribution in [0.4, 0.5) is 5.69 Å². The van der Waals surface area contributed by atoms with Gasteiger partial charge in [-0.2, -0.15) is 0 Å². The number of hydrogen-bond donors (Lipinski definition) is 1. The molecule has 160 valence electrons. The third-order valence-corrected chi connectivity index (χ3v) is 6.47. The van der Waals surface area contributed by atoms with Crippen LogP contribution < -0.4 is 4.72 Å². The molecule has 0 saturated heterocycles. The van der Waals surface area contributed by atoms with Gasteiger partial charge in [0.25, 0.3) is 10.0 Å². The molecule has 0 bridgehead atoms. The first-order valence-corrected chi connectivity index (χ1v) is 11.3. The van der Waals surface area contributed by atoms with Gasteiger partial charge in [0, 0.05) is 36.6 Å². The molecule has 0 unspecified atom stereocenters. The first-order valence-electron chi connectivity index (χ1n) is 9.85. The van der Waals surface area contributed by atoms with E-state index in [0.717, 1.165) is 16.7 Å². The van der Waals surface area contributed by atoms with Crippen molar-refractivity contribution in [3.63, 3.8) is 0 Å².